The molecule has 0 spiro atoms. The van der Waals surface area contributed by atoms with Gasteiger partial charge in [-0.05, 0) is 96.2 Å². The standard InChI is InChI=1S/C35H39F2N7O4/c1-21-17-23(7-8-24(21)32(45)43-14-11-22(12-15-43)18-41-33(46)48-34(2,3)4)42-30-31-40-19-26(44(31)16-13-39-30)25-9-10-27(29(37)28(25)36)47-35(5,6)20-38/h7-10,13,16-17,19,22H,11-12,14-15,18H2,1-6H3,(H,39,42)(H,41,46). The molecule has 1 fully saturated rings. The van der Waals surface area contributed by atoms with Gasteiger partial charge in [0.2, 0.25) is 5.82 Å². The monoisotopic (exact) mass is 659 g/mol. The molecule has 5 rings (SSSR count). The van der Waals surface area contributed by atoms with E-state index in [9.17, 15) is 19.2 Å². The number of imidazole rings is 1. The van der Waals surface area contributed by atoms with E-state index in [1.165, 1.54) is 38.4 Å². The summed E-state index contributed by atoms with van der Waals surface area (Å²) in [5.41, 5.74) is 0.757. The van der Waals surface area contributed by atoms with Gasteiger partial charge in [0.25, 0.3) is 5.91 Å². The number of carbonyl (C=O) groups is 2. The zero-order valence-electron chi connectivity index (χ0n) is 27.9. The van der Waals surface area contributed by atoms with E-state index in [-0.39, 0.29) is 23.1 Å². The molecule has 0 radical (unpaired) electrons. The molecule has 0 aliphatic carbocycles. The summed E-state index contributed by atoms with van der Waals surface area (Å²) in [6.07, 6.45) is 5.63. The van der Waals surface area contributed by atoms with Crippen molar-refractivity contribution in [2.45, 2.75) is 65.6 Å². The van der Waals surface area contributed by atoms with Gasteiger partial charge in [-0.15, -0.1) is 0 Å². The Hall–Kier alpha value is -5.25. The predicted molar refractivity (Wildman–Crippen MR) is 176 cm³/mol. The summed E-state index contributed by atoms with van der Waals surface area (Å²) in [6, 6.07) is 9.95. The van der Waals surface area contributed by atoms with E-state index in [4.69, 9.17) is 9.47 Å². The van der Waals surface area contributed by atoms with Crippen molar-refractivity contribution in [2.24, 2.45) is 5.92 Å². The molecule has 3 heterocycles. The van der Waals surface area contributed by atoms with E-state index in [0.29, 0.717) is 48.0 Å². The number of hydrogen-bond donors (Lipinski definition) is 2. The number of likely N-dealkylation sites (tertiary alicyclic amines) is 1. The molecule has 1 aliphatic rings. The largest absolute Gasteiger partial charge is 0.470 e. The van der Waals surface area contributed by atoms with Crippen molar-refractivity contribution in [1.29, 1.82) is 5.26 Å². The molecule has 2 amide bonds. The fraction of sp³-hybridized carbons (Fsp3) is 0.400. The topological polar surface area (TPSA) is 134 Å². The van der Waals surface area contributed by atoms with Crippen molar-refractivity contribution in [3.05, 3.63) is 71.7 Å². The highest BCUT2D eigenvalue weighted by Crippen LogP contribution is 2.33. The first kappa shape index (κ1) is 34.1. The lowest BCUT2D eigenvalue weighted by atomic mass is 9.96. The molecule has 4 aromatic rings. The van der Waals surface area contributed by atoms with Crippen molar-refractivity contribution >= 4 is 29.2 Å². The van der Waals surface area contributed by atoms with Crippen LogP contribution in [0.3, 0.4) is 0 Å². The Balaban J connectivity index is 1.25. The number of carbonyl (C=O) groups excluding carboxylic acids is 2. The van der Waals surface area contributed by atoms with Gasteiger partial charge in [0.1, 0.15) is 11.7 Å². The molecule has 0 saturated carbocycles. The van der Waals surface area contributed by atoms with Crippen LogP contribution in [0.1, 0.15) is 63.4 Å². The quantitative estimate of drug-likeness (QED) is 0.211. The zero-order valence-corrected chi connectivity index (χ0v) is 27.9. The van der Waals surface area contributed by atoms with Crippen molar-refractivity contribution < 1.29 is 27.8 Å². The van der Waals surface area contributed by atoms with Crippen LogP contribution >= 0.6 is 0 Å². The van der Waals surface area contributed by atoms with Crippen LogP contribution in [-0.4, -0.2) is 62.1 Å². The number of ether oxygens (including phenoxy) is 2. The lowest BCUT2D eigenvalue weighted by Gasteiger charge is -2.32. The van der Waals surface area contributed by atoms with Crippen molar-refractivity contribution in [3.8, 4) is 23.1 Å². The summed E-state index contributed by atoms with van der Waals surface area (Å²) < 4.78 is 42.4. The van der Waals surface area contributed by atoms with Crippen molar-refractivity contribution in [3.63, 3.8) is 0 Å². The number of nitriles is 1. The molecule has 0 unspecified atom stereocenters. The molecule has 13 heteroatoms. The SMILES string of the molecule is Cc1cc(Nc2nccn3c(-c4ccc(OC(C)(C)C#N)c(F)c4F)cnc23)ccc1C(=O)N1CCC(CNC(=O)OC(C)(C)C)CC1. The number of nitrogens with one attached hydrogen (secondary N) is 2. The van der Waals surface area contributed by atoms with Gasteiger partial charge >= 0.3 is 6.09 Å². The minimum atomic E-state index is -1.34. The van der Waals surface area contributed by atoms with Gasteiger partial charge in [-0.3, -0.25) is 9.20 Å². The number of halogens is 2. The number of rotatable bonds is 8. The molecule has 2 aromatic heterocycles. The second-order valence-electron chi connectivity index (χ2n) is 13.3. The number of benzene rings is 2. The van der Waals surface area contributed by atoms with Gasteiger partial charge in [-0.25, -0.2) is 19.2 Å². The van der Waals surface area contributed by atoms with Crippen molar-refractivity contribution in [1.82, 2.24) is 24.6 Å². The van der Waals surface area contributed by atoms with Crippen LogP contribution < -0.4 is 15.4 Å². The molecular formula is C35H39F2N7O4. The maximum atomic E-state index is 15.2. The first-order valence-corrected chi connectivity index (χ1v) is 15.7. The predicted octanol–water partition coefficient (Wildman–Crippen LogP) is 6.78. The minimum absolute atomic E-state index is 0.0405. The van der Waals surface area contributed by atoms with Crippen LogP contribution in [0, 0.1) is 35.8 Å². The first-order valence-electron chi connectivity index (χ1n) is 15.7. The normalized spacial score (nSPS) is 14.0. The maximum Gasteiger partial charge on any atom is 0.407 e. The third-order valence-corrected chi connectivity index (χ3v) is 7.94. The number of anilines is 2. The van der Waals surface area contributed by atoms with Crippen LogP contribution in [0.2, 0.25) is 0 Å². The van der Waals surface area contributed by atoms with E-state index in [0.717, 1.165) is 18.4 Å². The van der Waals surface area contributed by atoms with Gasteiger partial charge in [0.15, 0.2) is 28.6 Å². The average Bonchev–Trinajstić information content (AvgIpc) is 3.46. The second-order valence-corrected chi connectivity index (χ2v) is 13.3. The molecule has 2 N–H and O–H groups in total. The maximum absolute atomic E-state index is 15.2. The Bertz CT molecular complexity index is 1890. The summed E-state index contributed by atoms with van der Waals surface area (Å²) in [6.45, 7) is 11.9. The minimum Gasteiger partial charge on any atom is -0.470 e. The van der Waals surface area contributed by atoms with E-state index in [1.807, 2.05) is 44.7 Å². The number of amides is 2. The average molecular weight is 660 g/mol. The Labute approximate surface area is 277 Å². The smallest absolute Gasteiger partial charge is 0.407 e. The Morgan fingerprint density at radius 1 is 1.06 bits per heavy atom. The Morgan fingerprint density at radius 2 is 1.79 bits per heavy atom. The fourth-order valence-corrected chi connectivity index (χ4v) is 5.48. The van der Waals surface area contributed by atoms with Gasteiger partial charge in [0.05, 0.1) is 11.9 Å². The third kappa shape index (κ3) is 7.65. The van der Waals surface area contributed by atoms with Gasteiger partial charge in [-0.1, -0.05) is 0 Å². The zero-order chi connectivity index (χ0) is 34.8. The Morgan fingerprint density at radius 3 is 2.46 bits per heavy atom. The Kier molecular flexibility index (Phi) is 9.57. The number of nitrogens with zero attached hydrogens (tertiary/aromatic N) is 5. The number of aryl methyl sites for hydroxylation is 1. The number of aromatic nitrogens is 3. The molecule has 0 atom stereocenters. The molecule has 1 saturated heterocycles. The van der Waals surface area contributed by atoms with Crippen LogP contribution in [0.15, 0.2) is 48.9 Å². The van der Waals surface area contributed by atoms with Gasteiger partial charge in [-0.2, -0.15) is 9.65 Å². The summed E-state index contributed by atoms with van der Waals surface area (Å²) >= 11 is 0. The van der Waals surface area contributed by atoms with Crippen LogP contribution in [0.4, 0.5) is 25.1 Å². The first-order chi connectivity index (χ1) is 22.7. The summed E-state index contributed by atoms with van der Waals surface area (Å²) in [4.78, 5) is 36.0. The number of piperidine rings is 1. The number of hydrogen-bond acceptors (Lipinski definition) is 8. The molecular weight excluding hydrogens is 620 g/mol. The molecule has 1 aliphatic heterocycles. The summed E-state index contributed by atoms with van der Waals surface area (Å²) in [5.74, 6) is -2.12. The molecule has 11 nitrogen and oxygen atoms in total. The highest BCUT2D eigenvalue weighted by atomic mass is 19.2. The van der Waals surface area contributed by atoms with E-state index >= 15 is 4.39 Å². The van der Waals surface area contributed by atoms with E-state index in [1.54, 1.807) is 22.7 Å². The molecule has 2 aromatic carbocycles. The molecule has 0 bridgehead atoms. The van der Waals surface area contributed by atoms with E-state index < -0.39 is 28.9 Å². The summed E-state index contributed by atoms with van der Waals surface area (Å²) in [7, 11) is 0. The second kappa shape index (κ2) is 13.5. The lowest BCUT2D eigenvalue weighted by Crippen LogP contribution is -2.42. The third-order valence-electron chi connectivity index (χ3n) is 7.94. The van der Waals surface area contributed by atoms with E-state index in [2.05, 4.69) is 20.6 Å². The fourth-order valence-electron chi connectivity index (χ4n) is 5.48. The summed E-state index contributed by atoms with van der Waals surface area (Å²) in [5, 5.41) is 15.2. The van der Waals surface area contributed by atoms with Crippen LogP contribution in [0.5, 0.6) is 5.75 Å². The number of alkyl carbamates (subject to hydrolysis) is 1. The number of fused-ring (bicyclic) bond motifs is 1. The lowest BCUT2D eigenvalue weighted by molar-refractivity contribution is 0.0500. The van der Waals surface area contributed by atoms with Crippen molar-refractivity contribution in [2.75, 3.05) is 25.0 Å². The highest BCUT2D eigenvalue weighted by Gasteiger charge is 2.27. The van der Waals surface area contributed by atoms with Crippen LogP contribution in [-0.2, 0) is 4.74 Å². The molecule has 48 heavy (non-hydrogen) atoms. The van der Waals surface area contributed by atoms with Crippen LogP contribution in [0.25, 0.3) is 16.9 Å². The molecule has 252 valence electrons. The van der Waals surface area contributed by atoms with Gasteiger partial charge in [0, 0.05) is 48.8 Å². The highest BCUT2D eigenvalue weighted by molar-refractivity contribution is 5.96. The van der Waals surface area contributed by atoms with Gasteiger partial charge < -0.3 is 25.0 Å².